The lowest BCUT2D eigenvalue weighted by atomic mass is 9.97. The van der Waals surface area contributed by atoms with Crippen molar-refractivity contribution in [2.75, 3.05) is 5.88 Å². The number of hydrogen-bond donors (Lipinski definition) is 3. The second-order valence-corrected chi connectivity index (χ2v) is 12.3. The van der Waals surface area contributed by atoms with Crippen molar-refractivity contribution in [3.8, 4) is 0 Å². The molecule has 1 heterocycles. The van der Waals surface area contributed by atoms with E-state index in [0.717, 1.165) is 22.3 Å². The number of benzene rings is 3. The van der Waals surface area contributed by atoms with E-state index < -0.39 is 34.9 Å². The molecule has 41 heavy (non-hydrogen) atoms. The van der Waals surface area contributed by atoms with Crippen LogP contribution in [0.2, 0.25) is 0 Å². The number of ether oxygens (including phenoxy) is 1. The van der Waals surface area contributed by atoms with Crippen LogP contribution in [0.3, 0.4) is 0 Å². The molecule has 0 aliphatic carbocycles. The highest BCUT2D eigenvalue weighted by atomic mass is 32.2. The Hall–Kier alpha value is -3.82. The number of aliphatic hydroxyl groups excluding tert-OH is 1. The van der Waals surface area contributed by atoms with Crippen LogP contribution < -0.4 is 10.6 Å². The molecule has 1 saturated heterocycles. The monoisotopic (exact) mass is 575 g/mol. The summed E-state index contributed by atoms with van der Waals surface area (Å²) in [4.78, 5) is 41.4. The van der Waals surface area contributed by atoms with Crippen molar-refractivity contribution in [1.82, 2.24) is 15.5 Å². The van der Waals surface area contributed by atoms with E-state index >= 15 is 0 Å². The third kappa shape index (κ3) is 7.89. The smallest absolute Gasteiger partial charge is 0.407 e. The Morgan fingerprint density at radius 3 is 2.24 bits per heavy atom. The molecular weight excluding hydrogens is 538 g/mol. The van der Waals surface area contributed by atoms with E-state index in [9.17, 15) is 19.5 Å². The zero-order chi connectivity index (χ0) is 29.4. The minimum Gasteiger partial charge on any atom is -0.445 e. The number of carbonyl (C=O) groups is 3. The third-order valence-corrected chi connectivity index (χ3v) is 8.61. The summed E-state index contributed by atoms with van der Waals surface area (Å²) in [6.45, 7) is 6.19. The highest BCUT2D eigenvalue weighted by Crippen LogP contribution is 2.40. The predicted octanol–water partition coefficient (Wildman–Crippen LogP) is 4.19. The van der Waals surface area contributed by atoms with Crippen LogP contribution in [0, 0.1) is 6.92 Å². The van der Waals surface area contributed by atoms with Crippen molar-refractivity contribution in [2.45, 2.75) is 63.3 Å². The molecule has 3 amide bonds. The lowest BCUT2D eigenvalue weighted by Crippen LogP contribution is -2.58. The van der Waals surface area contributed by atoms with E-state index in [4.69, 9.17) is 4.74 Å². The minimum atomic E-state index is -1.60. The summed E-state index contributed by atoms with van der Waals surface area (Å²) in [5, 5.41) is 17.0. The number of aliphatic hydroxyl groups is 1. The van der Waals surface area contributed by atoms with E-state index in [1.165, 1.54) is 16.7 Å². The average Bonchev–Trinajstić information content (AvgIpc) is 3.30. The van der Waals surface area contributed by atoms with Crippen molar-refractivity contribution < 1.29 is 24.2 Å². The van der Waals surface area contributed by atoms with Crippen molar-refractivity contribution >= 4 is 29.7 Å². The van der Waals surface area contributed by atoms with Crippen LogP contribution in [0.25, 0.3) is 0 Å². The molecule has 0 aromatic heterocycles. The molecule has 9 heteroatoms. The normalized spacial score (nSPS) is 17.4. The molecule has 0 saturated carbocycles. The number of nitrogens with one attached hydrogen (secondary N) is 2. The first-order valence-corrected chi connectivity index (χ1v) is 14.6. The first kappa shape index (κ1) is 30.1. The topological polar surface area (TPSA) is 108 Å². The Morgan fingerprint density at radius 2 is 1.59 bits per heavy atom. The molecule has 1 fully saturated rings. The molecule has 216 valence electrons. The van der Waals surface area contributed by atoms with E-state index in [0.29, 0.717) is 6.54 Å². The Labute approximate surface area is 245 Å². The zero-order valence-corrected chi connectivity index (χ0v) is 24.4. The Balaban J connectivity index is 1.48. The van der Waals surface area contributed by atoms with Crippen LogP contribution in [0.4, 0.5) is 4.79 Å². The van der Waals surface area contributed by atoms with Crippen molar-refractivity contribution in [1.29, 1.82) is 0 Å². The fourth-order valence-electron chi connectivity index (χ4n) is 4.87. The summed E-state index contributed by atoms with van der Waals surface area (Å²) in [5.74, 6) is -0.677. The number of carbonyl (C=O) groups excluding carboxylic acids is 3. The lowest BCUT2D eigenvalue weighted by Gasteiger charge is -2.33. The second kappa shape index (κ2) is 13.7. The van der Waals surface area contributed by atoms with Gasteiger partial charge in [0.05, 0.1) is 11.9 Å². The van der Waals surface area contributed by atoms with Gasteiger partial charge in [-0.3, -0.25) is 9.59 Å². The SMILES string of the molecule is Cc1ccccc1CNC(=O)C1N(C(=O)C(O)C(Cc2ccccc2)NC(=O)OCc2ccccc2)CSC1(C)C. The van der Waals surface area contributed by atoms with Gasteiger partial charge in [-0.25, -0.2) is 4.79 Å². The van der Waals surface area contributed by atoms with Crippen LogP contribution in [0.15, 0.2) is 84.9 Å². The maximum atomic E-state index is 13.8. The van der Waals surface area contributed by atoms with Gasteiger partial charge in [0.2, 0.25) is 5.91 Å². The molecule has 3 N–H and O–H groups in total. The highest BCUT2D eigenvalue weighted by molar-refractivity contribution is 8.00. The molecule has 8 nitrogen and oxygen atoms in total. The summed E-state index contributed by atoms with van der Waals surface area (Å²) in [5.41, 5.74) is 3.69. The van der Waals surface area contributed by atoms with Crippen LogP contribution in [0.1, 0.15) is 36.1 Å². The van der Waals surface area contributed by atoms with Gasteiger partial charge in [-0.05, 0) is 49.4 Å². The molecule has 0 spiro atoms. The van der Waals surface area contributed by atoms with Crippen LogP contribution >= 0.6 is 11.8 Å². The quantitative estimate of drug-likeness (QED) is 0.335. The van der Waals surface area contributed by atoms with Crippen LogP contribution in [-0.4, -0.2) is 56.7 Å². The van der Waals surface area contributed by atoms with Gasteiger partial charge < -0.3 is 25.4 Å². The van der Waals surface area contributed by atoms with Crippen molar-refractivity contribution in [3.63, 3.8) is 0 Å². The van der Waals surface area contributed by atoms with Gasteiger partial charge in [0.1, 0.15) is 12.6 Å². The van der Waals surface area contributed by atoms with E-state index in [-0.39, 0.29) is 24.8 Å². The largest absolute Gasteiger partial charge is 0.445 e. The van der Waals surface area contributed by atoms with Crippen LogP contribution in [-0.2, 0) is 33.9 Å². The lowest BCUT2D eigenvalue weighted by molar-refractivity contribution is -0.147. The number of amides is 3. The Morgan fingerprint density at radius 1 is 0.976 bits per heavy atom. The highest BCUT2D eigenvalue weighted by Gasteiger charge is 2.49. The first-order valence-electron chi connectivity index (χ1n) is 13.6. The van der Waals surface area contributed by atoms with Gasteiger partial charge in [-0.2, -0.15) is 0 Å². The molecule has 1 aliphatic rings. The maximum absolute atomic E-state index is 13.8. The van der Waals surface area contributed by atoms with Gasteiger partial charge in [0.25, 0.3) is 5.91 Å². The fourth-order valence-corrected chi connectivity index (χ4v) is 6.01. The van der Waals surface area contributed by atoms with Gasteiger partial charge in [0, 0.05) is 11.3 Å². The van der Waals surface area contributed by atoms with Gasteiger partial charge in [0.15, 0.2) is 6.10 Å². The summed E-state index contributed by atoms with van der Waals surface area (Å²) < 4.78 is 4.79. The summed E-state index contributed by atoms with van der Waals surface area (Å²) in [6.07, 6.45) is -2.14. The number of alkyl carbamates (subject to hydrolysis) is 1. The number of nitrogens with zero attached hydrogens (tertiary/aromatic N) is 1. The van der Waals surface area contributed by atoms with Crippen molar-refractivity contribution in [3.05, 3.63) is 107 Å². The average molecular weight is 576 g/mol. The van der Waals surface area contributed by atoms with Crippen LogP contribution in [0.5, 0.6) is 0 Å². The maximum Gasteiger partial charge on any atom is 0.407 e. The first-order chi connectivity index (χ1) is 19.7. The standard InChI is InChI=1S/C32H37N3O5S/c1-22-12-10-11-17-25(22)19-33-29(37)28-32(2,3)41-21-35(28)30(38)27(36)26(18-23-13-6-4-7-14-23)34-31(39)40-20-24-15-8-5-9-16-24/h4-17,26-28,36H,18-21H2,1-3H3,(H,33,37)(H,34,39). The molecule has 1 aliphatic heterocycles. The third-order valence-electron chi connectivity index (χ3n) is 7.24. The van der Waals surface area contributed by atoms with Gasteiger partial charge in [-0.1, -0.05) is 84.9 Å². The van der Waals surface area contributed by atoms with Gasteiger partial charge >= 0.3 is 6.09 Å². The molecule has 0 radical (unpaired) electrons. The van der Waals surface area contributed by atoms with E-state index in [1.807, 2.05) is 106 Å². The second-order valence-electron chi connectivity index (χ2n) is 10.7. The minimum absolute atomic E-state index is 0.0505. The number of rotatable bonds is 10. The Bertz CT molecular complexity index is 1340. The van der Waals surface area contributed by atoms with Crippen molar-refractivity contribution in [2.24, 2.45) is 0 Å². The fraction of sp³-hybridized carbons (Fsp3) is 0.344. The molecule has 3 atom stereocenters. The summed E-state index contributed by atoms with van der Waals surface area (Å²) in [6, 6.07) is 24.5. The Kier molecular flexibility index (Phi) is 10.1. The number of thioether (sulfide) groups is 1. The molecule has 3 aromatic carbocycles. The molecule has 4 rings (SSSR count). The molecule has 3 aromatic rings. The zero-order valence-electron chi connectivity index (χ0n) is 23.6. The van der Waals surface area contributed by atoms with E-state index in [2.05, 4.69) is 10.6 Å². The van der Waals surface area contributed by atoms with E-state index in [1.54, 1.807) is 0 Å². The number of aryl methyl sites for hydroxylation is 1. The predicted molar refractivity (Wildman–Crippen MR) is 160 cm³/mol. The number of hydrogen-bond acceptors (Lipinski definition) is 6. The molecule has 3 unspecified atom stereocenters. The summed E-state index contributed by atoms with van der Waals surface area (Å²) >= 11 is 1.47. The molecule has 0 bridgehead atoms. The van der Waals surface area contributed by atoms with Gasteiger partial charge in [-0.15, -0.1) is 11.8 Å². The summed E-state index contributed by atoms with van der Waals surface area (Å²) in [7, 11) is 0. The molecular formula is C32H37N3O5S.